The number of ether oxygens (including phenoxy) is 1. The van der Waals surface area contributed by atoms with Gasteiger partial charge in [0, 0.05) is 0 Å². The van der Waals surface area contributed by atoms with E-state index in [1.165, 1.54) is 0 Å². The van der Waals surface area contributed by atoms with Crippen LogP contribution in [0.3, 0.4) is 0 Å². The van der Waals surface area contributed by atoms with Gasteiger partial charge in [-0.3, -0.25) is 4.79 Å². The zero-order valence-corrected chi connectivity index (χ0v) is 7.85. The van der Waals surface area contributed by atoms with Gasteiger partial charge in [0.15, 0.2) is 5.78 Å². The topological polar surface area (TPSA) is 127 Å². The molecule has 0 aromatic heterocycles. The molecule has 5 N–H and O–H groups in total. The second-order valence-electron chi connectivity index (χ2n) is 3.37. The van der Waals surface area contributed by atoms with Crippen LogP contribution in [0.15, 0.2) is 0 Å². The summed E-state index contributed by atoms with van der Waals surface area (Å²) in [5.74, 6) is -0.813. The van der Waals surface area contributed by atoms with Crippen LogP contribution in [0.25, 0.3) is 0 Å². The number of hydrogen-bond donors (Lipinski definition) is 5. The van der Waals surface area contributed by atoms with E-state index in [0.717, 1.165) is 0 Å². The van der Waals surface area contributed by atoms with E-state index in [0.29, 0.717) is 0 Å². The molecule has 1 aliphatic heterocycles. The van der Waals surface area contributed by atoms with Crippen LogP contribution in [-0.4, -0.2) is 75.0 Å². The molecule has 7 heteroatoms. The minimum Gasteiger partial charge on any atom is -0.394 e. The zero-order valence-electron chi connectivity index (χ0n) is 7.85. The average Bonchev–Trinajstić information content (AvgIpc) is 2.25. The first-order valence-electron chi connectivity index (χ1n) is 4.47. The van der Waals surface area contributed by atoms with Crippen molar-refractivity contribution < 1.29 is 35.1 Å². The molecular weight excluding hydrogens is 208 g/mol. The minimum atomic E-state index is -1.61. The van der Waals surface area contributed by atoms with Gasteiger partial charge in [-0.15, -0.1) is 0 Å². The summed E-state index contributed by atoms with van der Waals surface area (Å²) in [6, 6.07) is 0. The van der Waals surface area contributed by atoms with Crippen molar-refractivity contribution in [3.8, 4) is 0 Å². The molecule has 5 atom stereocenters. The summed E-state index contributed by atoms with van der Waals surface area (Å²) in [4.78, 5) is 11.1. The molecule has 15 heavy (non-hydrogen) atoms. The smallest absolute Gasteiger partial charge is 0.189 e. The van der Waals surface area contributed by atoms with Crippen LogP contribution in [0.4, 0.5) is 0 Å². The lowest BCUT2D eigenvalue weighted by Crippen LogP contribution is -2.60. The molecular formula is C8H14O7. The van der Waals surface area contributed by atoms with Crippen molar-refractivity contribution in [2.75, 3.05) is 13.2 Å². The minimum absolute atomic E-state index is 0.597. The molecule has 0 aromatic carbocycles. The van der Waals surface area contributed by atoms with Crippen LogP contribution in [0, 0.1) is 0 Å². The molecule has 1 heterocycles. The largest absolute Gasteiger partial charge is 0.394 e. The van der Waals surface area contributed by atoms with Crippen LogP contribution in [-0.2, 0) is 9.53 Å². The molecule has 1 aliphatic rings. The third kappa shape index (κ3) is 2.33. The van der Waals surface area contributed by atoms with Crippen molar-refractivity contribution in [3.63, 3.8) is 0 Å². The van der Waals surface area contributed by atoms with E-state index in [1.807, 2.05) is 0 Å². The molecule has 0 aromatic rings. The van der Waals surface area contributed by atoms with E-state index in [1.54, 1.807) is 0 Å². The quantitative estimate of drug-likeness (QED) is 0.333. The van der Waals surface area contributed by atoms with Gasteiger partial charge in [-0.1, -0.05) is 0 Å². The number of Topliss-reactive ketones (excluding diaryl/α,β-unsaturated/α-hetero) is 1. The zero-order chi connectivity index (χ0) is 11.6. The van der Waals surface area contributed by atoms with Crippen LogP contribution < -0.4 is 0 Å². The van der Waals surface area contributed by atoms with Crippen molar-refractivity contribution in [3.05, 3.63) is 0 Å². The highest BCUT2D eigenvalue weighted by Crippen LogP contribution is 2.21. The predicted octanol–water partition coefficient (Wildman–Crippen LogP) is -3.61. The summed E-state index contributed by atoms with van der Waals surface area (Å²) in [6.45, 7) is -1.44. The van der Waals surface area contributed by atoms with E-state index in [4.69, 9.17) is 14.9 Å². The normalized spacial score (nSPS) is 41.5. The maximum atomic E-state index is 11.1. The lowest BCUT2D eigenvalue weighted by molar-refractivity contribution is -0.226. The monoisotopic (exact) mass is 222 g/mol. The summed E-state index contributed by atoms with van der Waals surface area (Å²) in [7, 11) is 0. The van der Waals surface area contributed by atoms with Gasteiger partial charge in [0.2, 0.25) is 0 Å². The van der Waals surface area contributed by atoms with E-state index in [2.05, 4.69) is 0 Å². The van der Waals surface area contributed by atoms with Crippen LogP contribution in [0.2, 0.25) is 0 Å². The lowest BCUT2D eigenvalue weighted by atomic mass is 9.93. The van der Waals surface area contributed by atoms with Crippen LogP contribution in [0.1, 0.15) is 0 Å². The molecule has 0 bridgehead atoms. The SMILES string of the molecule is O=C(CO)C1O[C@H](CO)[C@H](O)[C@H](O)[C@H]1O. The van der Waals surface area contributed by atoms with Gasteiger partial charge < -0.3 is 30.3 Å². The standard InChI is InChI=1S/C8H14O7/c9-1-3(11)8-7(14)6(13)5(12)4(2-10)15-8/h4-10,12-14H,1-2H2/t4-,5+,6+,7-,8?/m1/s1. The Morgan fingerprint density at radius 2 is 1.67 bits per heavy atom. The highest BCUT2D eigenvalue weighted by molar-refractivity contribution is 5.84. The number of aliphatic hydroxyl groups is 5. The fourth-order valence-electron chi connectivity index (χ4n) is 1.46. The first-order chi connectivity index (χ1) is 7.02. The van der Waals surface area contributed by atoms with Crippen molar-refractivity contribution >= 4 is 5.78 Å². The molecule has 0 amide bonds. The number of ketones is 1. The Hall–Kier alpha value is -0.570. The van der Waals surface area contributed by atoms with Gasteiger partial charge in [-0.25, -0.2) is 0 Å². The molecule has 1 rings (SSSR count). The first-order valence-corrected chi connectivity index (χ1v) is 4.47. The molecule has 7 nitrogen and oxygen atoms in total. The van der Waals surface area contributed by atoms with E-state index in [9.17, 15) is 20.1 Å². The summed E-state index contributed by atoms with van der Waals surface area (Å²) >= 11 is 0. The number of hydrogen-bond acceptors (Lipinski definition) is 7. The molecule has 0 spiro atoms. The fourth-order valence-corrected chi connectivity index (χ4v) is 1.46. The van der Waals surface area contributed by atoms with E-state index < -0.39 is 49.5 Å². The second kappa shape index (κ2) is 4.97. The third-order valence-electron chi connectivity index (χ3n) is 2.37. The Labute approximate surface area is 85.5 Å². The number of carbonyl (C=O) groups excluding carboxylic acids is 1. The number of aliphatic hydroxyl groups excluding tert-OH is 5. The van der Waals surface area contributed by atoms with Crippen LogP contribution >= 0.6 is 0 Å². The second-order valence-corrected chi connectivity index (χ2v) is 3.37. The van der Waals surface area contributed by atoms with Gasteiger partial charge in [0.05, 0.1) is 6.61 Å². The summed E-state index contributed by atoms with van der Waals surface area (Å²) in [6.07, 6.45) is -7.24. The Morgan fingerprint density at radius 3 is 2.13 bits per heavy atom. The third-order valence-corrected chi connectivity index (χ3v) is 2.37. The fraction of sp³-hybridized carbons (Fsp3) is 0.875. The van der Waals surface area contributed by atoms with Crippen LogP contribution in [0.5, 0.6) is 0 Å². The Kier molecular flexibility index (Phi) is 4.14. The lowest BCUT2D eigenvalue weighted by Gasteiger charge is -2.39. The Bertz CT molecular complexity index is 229. The van der Waals surface area contributed by atoms with Gasteiger partial charge in [-0.2, -0.15) is 0 Å². The Morgan fingerprint density at radius 1 is 1.07 bits per heavy atom. The molecule has 88 valence electrons. The number of carbonyl (C=O) groups is 1. The van der Waals surface area contributed by atoms with Crippen molar-refractivity contribution in [1.82, 2.24) is 0 Å². The Balaban J connectivity index is 2.78. The maximum absolute atomic E-state index is 11.1. The molecule has 0 saturated carbocycles. The highest BCUT2D eigenvalue weighted by atomic mass is 16.5. The highest BCUT2D eigenvalue weighted by Gasteiger charge is 2.45. The predicted molar refractivity (Wildman–Crippen MR) is 45.9 cm³/mol. The van der Waals surface area contributed by atoms with Crippen molar-refractivity contribution in [1.29, 1.82) is 0 Å². The molecule has 0 radical (unpaired) electrons. The van der Waals surface area contributed by atoms with Gasteiger partial charge in [-0.05, 0) is 0 Å². The molecule has 1 saturated heterocycles. The molecule has 1 fully saturated rings. The van der Waals surface area contributed by atoms with Gasteiger partial charge in [0.25, 0.3) is 0 Å². The number of rotatable bonds is 3. The van der Waals surface area contributed by atoms with Crippen molar-refractivity contribution in [2.24, 2.45) is 0 Å². The summed E-state index contributed by atoms with van der Waals surface area (Å²) in [5.41, 5.74) is 0. The van der Waals surface area contributed by atoms with Gasteiger partial charge >= 0.3 is 0 Å². The summed E-state index contributed by atoms with van der Waals surface area (Å²) in [5, 5.41) is 45.4. The summed E-state index contributed by atoms with van der Waals surface area (Å²) < 4.78 is 4.86. The van der Waals surface area contributed by atoms with Gasteiger partial charge in [0.1, 0.15) is 37.1 Å². The van der Waals surface area contributed by atoms with Crippen molar-refractivity contribution in [2.45, 2.75) is 30.5 Å². The maximum Gasteiger partial charge on any atom is 0.189 e. The molecule has 0 aliphatic carbocycles. The average molecular weight is 222 g/mol. The molecule has 1 unspecified atom stereocenters. The van der Waals surface area contributed by atoms with E-state index >= 15 is 0 Å². The first kappa shape index (κ1) is 12.5. The van der Waals surface area contributed by atoms with E-state index in [-0.39, 0.29) is 0 Å².